The normalized spacial score (nSPS) is 17.5. The van der Waals surface area contributed by atoms with Gasteiger partial charge in [-0.25, -0.2) is 14.4 Å². The van der Waals surface area contributed by atoms with E-state index in [1.807, 2.05) is 12.1 Å². The molecule has 39 heavy (non-hydrogen) atoms. The van der Waals surface area contributed by atoms with Crippen LogP contribution in [0.25, 0.3) is 28.7 Å². The Balaban J connectivity index is 1.25. The van der Waals surface area contributed by atoms with Crippen LogP contribution in [0.15, 0.2) is 65.6 Å². The van der Waals surface area contributed by atoms with Crippen molar-refractivity contribution in [3.05, 3.63) is 99.1 Å². The third-order valence-corrected chi connectivity index (χ3v) is 8.12. The standard InChI is InChI=1S/C31H31ClFN5O/c32-30-28(7-4-14-34-30)38-29(35-27-10-9-24(33)20-26(27)31(38)39)11-8-22-5-3-6-23(19-22)21-36-17-12-25(13-18-36)37-15-1-2-16-37/h3-11,14,19-20,25H,1-2,12-13,15-18,21H2. The SMILES string of the molecule is O=c1c2cc(F)ccc2nc(C=Cc2cccc(CN3CCC(N4CCCC4)CC3)c2)n1-c1cccnc1Cl. The van der Waals surface area contributed by atoms with E-state index in [2.05, 4.69) is 38.0 Å². The van der Waals surface area contributed by atoms with Crippen molar-refractivity contribution in [2.45, 2.75) is 38.3 Å². The van der Waals surface area contributed by atoms with Gasteiger partial charge < -0.3 is 4.90 Å². The van der Waals surface area contributed by atoms with Crippen molar-refractivity contribution >= 4 is 34.7 Å². The van der Waals surface area contributed by atoms with Crippen LogP contribution >= 0.6 is 11.6 Å². The van der Waals surface area contributed by atoms with E-state index in [9.17, 15) is 9.18 Å². The quantitative estimate of drug-likeness (QED) is 0.288. The first-order chi connectivity index (χ1) is 19.0. The molecule has 0 amide bonds. The van der Waals surface area contributed by atoms with Gasteiger partial charge in [-0.05, 0) is 99.4 Å². The first-order valence-electron chi connectivity index (χ1n) is 13.6. The predicted molar refractivity (Wildman–Crippen MR) is 155 cm³/mol. The number of pyridine rings is 1. The zero-order chi connectivity index (χ0) is 26.8. The van der Waals surface area contributed by atoms with Crippen LogP contribution in [-0.2, 0) is 6.54 Å². The van der Waals surface area contributed by atoms with Crippen LogP contribution in [-0.4, -0.2) is 56.6 Å². The van der Waals surface area contributed by atoms with E-state index in [0.717, 1.165) is 31.2 Å². The van der Waals surface area contributed by atoms with Crippen molar-refractivity contribution in [1.29, 1.82) is 0 Å². The zero-order valence-corrected chi connectivity index (χ0v) is 22.5. The number of hydrogen-bond acceptors (Lipinski definition) is 5. The summed E-state index contributed by atoms with van der Waals surface area (Å²) >= 11 is 6.36. The molecule has 2 aromatic heterocycles. The summed E-state index contributed by atoms with van der Waals surface area (Å²) in [6, 6.07) is 16.6. The number of halogens is 2. The lowest BCUT2D eigenvalue weighted by Crippen LogP contribution is -2.43. The third kappa shape index (κ3) is 5.66. The minimum atomic E-state index is -0.495. The first kappa shape index (κ1) is 25.9. The second-order valence-corrected chi connectivity index (χ2v) is 10.8. The molecule has 6 rings (SSSR count). The fraction of sp³-hybridized carbons (Fsp3) is 0.323. The fourth-order valence-corrected chi connectivity index (χ4v) is 6.04. The van der Waals surface area contributed by atoms with E-state index < -0.39 is 11.4 Å². The average Bonchev–Trinajstić information content (AvgIpc) is 3.49. The molecule has 0 spiro atoms. The number of benzene rings is 2. The fourth-order valence-electron chi connectivity index (χ4n) is 5.84. The molecule has 0 atom stereocenters. The van der Waals surface area contributed by atoms with Gasteiger partial charge in [0, 0.05) is 18.8 Å². The van der Waals surface area contributed by atoms with Crippen molar-refractivity contribution in [2.75, 3.05) is 26.2 Å². The van der Waals surface area contributed by atoms with Crippen molar-refractivity contribution < 1.29 is 4.39 Å². The van der Waals surface area contributed by atoms with E-state index >= 15 is 0 Å². The lowest BCUT2D eigenvalue weighted by atomic mass is 10.0. The van der Waals surface area contributed by atoms with Gasteiger partial charge in [-0.15, -0.1) is 0 Å². The molecule has 2 fully saturated rings. The molecule has 0 radical (unpaired) electrons. The zero-order valence-electron chi connectivity index (χ0n) is 21.8. The maximum atomic E-state index is 14.0. The number of likely N-dealkylation sites (tertiary alicyclic amines) is 2. The molecular weight excluding hydrogens is 513 g/mol. The highest BCUT2D eigenvalue weighted by atomic mass is 35.5. The molecule has 0 bridgehead atoms. The predicted octanol–water partition coefficient (Wildman–Crippen LogP) is 5.80. The Hall–Kier alpha value is -3.39. The molecule has 2 aliphatic rings. The van der Waals surface area contributed by atoms with Crippen LogP contribution in [0.3, 0.4) is 0 Å². The Kier molecular flexibility index (Phi) is 7.55. The van der Waals surface area contributed by atoms with E-state index in [1.165, 1.54) is 67.1 Å². The molecular formula is C31H31ClFN5O. The smallest absolute Gasteiger partial charge is 0.266 e. The molecule has 0 aliphatic carbocycles. The minimum Gasteiger partial charge on any atom is -0.300 e. The Bertz CT molecular complexity index is 1570. The van der Waals surface area contributed by atoms with E-state index in [1.54, 1.807) is 24.4 Å². The van der Waals surface area contributed by atoms with Crippen LogP contribution in [0.5, 0.6) is 0 Å². The molecule has 2 saturated heterocycles. The summed E-state index contributed by atoms with van der Waals surface area (Å²) in [5.74, 6) is -0.103. The van der Waals surface area contributed by atoms with Gasteiger partial charge >= 0.3 is 0 Å². The average molecular weight is 544 g/mol. The summed E-state index contributed by atoms with van der Waals surface area (Å²) in [6.07, 6.45) is 10.5. The van der Waals surface area contributed by atoms with Gasteiger partial charge in [0.05, 0.1) is 16.6 Å². The molecule has 0 saturated carbocycles. The Morgan fingerprint density at radius 2 is 1.79 bits per heavy atom. The Morgan fingerprint density at radius 1 is 0.974 bits per heavy atom. The number of hydrogen-bond donors (Lipinski definition) is 0. The van der Waals surface area contributed by atoms with Gasteiger partial charge in [0.15, 0.2) is 5.15 Å². The van der Waals surface area contributed by atoms with Crippen LogP contribution < -0.4 is 5.56 Å². The summed E-state index contributed by atoms with van der Waals surface area (Å²) in [6.45, 7) is 5.71. The van der Waals surface area contributed by atoms with Gasteiger partial charge in [-0.3, -0.25) is 14.3 Å². The van der Waals surface area contributed by atoms with Gasteiger partial charge in [-0.2, -0.15) is 0 Å². The number of fused-ring (bicyclic) bond motifs is 1. The summed E-state index contributed by atoms with van der Waals surface area (Å²) in [7, 11) is 0. The highest BCUT2D eigenvalue weighted by Gasteiger charge is 2.26. The van der Waals surface area contributed by atoms with E-state index in [0.29, 0.717) is 17.0 Å². The van der Waals surface area contributed by atoms with Crippen LogP contribution in [0.2, 0.25) is 5.15 Å². The Morgan fingerprint density at radius 3 is 2.59 bits per heavy atom. The molecule has 2 aliphatic heterocycles. The minimum absolute atomic E-state index is 0.169. The Labute approximate surface area is 232 Å². The number of aromatic nitrogens is 3. The highest BCUT2D eigenvalue weighted by molar-refractivity contribution is 6.31. The van der Waals surface area contributed by atoms with Crippen molar-refractivity contribution in [2.24, 2.45) is 0 Å². The molecule has 8 heteroatoms. The molecule has 4 aromatic rings. The van der Waals surface area contributed by atoms with Gasteiger partial charge in [0.2, 0.25) is 0 Å². The largest absolute Gasteiger partial charge is 0.300 e. The van der Waals surface area contributed by atoms with Crippen LogP contribution in [0, 0.1) is 5.82 Å². The topological polar surface area (TPSA) is 54.3 Å². The van der Waals surface area contributed by atoms with Crippen LogP contribution in [0.1, 0.15) is 42.6 Å². The van der Waals surface area contributed by atoms with Gasteiger partial charge in [0.25, 0.3) is 5.56 Å². The van der Waals surface area contributed by atoms with Gasteiger partial charge in [0.1, 0.15) is 11.6 Å². The van der Waals surface area contributed by atoms with Crippen molar-refractivity contribution in [1.82, 2.24) is 24.3 Å². The maximum Gasteiger partial charge on any atom is 0.266 e. The summed E-state index contributed by atoms with van der Waals surface area (Å²) in [4.78, 5) is 27.5. The summed E-state index contributed by atoms with van der Waals surface area (Å²) in [5, 5.41) is 0.352. The van der Waals surface area contributed by atoms with E-state index in [-0.39, 0.29) is 10.5 Å². The molecule has 2 aromatic carbocycles. The summed E-state index contributed by atoms with van der Waals surface area (Å²) < 4.78 is 15.4. The number of nitrogens with zero attached hydrogens (tertiary/aromatic N) is 5. The lowest BCUT2D eigenvalue weighted by molar-refractivity contribution is 0.122. The third-order valence-electron chi connectivity index (χ3n) is 7.83. The van der Waals surface area contributed by atoms with E-state index in [4.69, 9.17) is 11.6 Å². The highest BCUT2D eigenvalue weighted by Crippen LogP contribution is 2.23. The summed E-state index contributed by atoms with van der Waals surface area (Å²) in [5.41, 5.74) is 2.68. The second-order valence-electron chi connectivity index (χ2n) is 10.4. The molecule has 0 unspecified atom stereocenters. The molecule has 4 heterocycles. The van der Waals surface area contributed by atoms with Crippen molar-refractivity contribution in [3.63, 3.8) is 0 Å². The van der Waals surface area contributed by atoms with Crippen LogP contribution in [0.4, 0.5) is 4.39 Å². The number of rotatable bonds is 6. The second kappa shape index (κ2) is 11.4. The van der Waals surface area contributed by atoms with Gasteiger partial charge in [-0.1, -0.05) is 41.9 Å². The molecule has 0 N–H and O–H groups in total. The molecule has 6 nitrogen and oxygen atoms in total. The first-order valence-corrected chi connectivity index (χ1v) is 14.0. The lowest BCUT2D eigenvalue weighted by Gasteiger charge is -2.36. The number of piperidine rings is 1. The molecule has 200 valence electrons. The monoisotopic (exact) mass is 543 g/mol. The maximum absolute atomic E-state index is 14.0. The van der Waals surface area contributed by atoms with Crippen molar-refractivity contribution in [3.8, 4) is 5.69 Å².